The van der Waals surface area contributed by atoms with Gasteiger partial charge in [-0.15, -0.1) is 0 Å². The van der Waals surface area contributed by atoms with E-state index in [4.69, 9.17) is 5.11 Å². The second kappa shape index (κ2) is 4.89. The number of nitrogens with one attached hydrogen (secondary N) is 2. The SMILES string of the molecule is Cc1[nH]cc(NC(=O)c2ccncc2F)c1C(=O)O. The van der Waals surface area contributed by atoms with Gasteiger partial charge < -0.3 is 15.4 Å². The van der Waals surface area contributed by atoms with E-state index < -0.39 is 17.7 Å². The van der Waals surface area contributed by atoms with Crippen molar-refractivity contribution in [3.05, 3.63) is 47.3 Å². The summed E-state index contributed by atoms with van der Waals surface area (Å²) in [4.78, 5) is 29.1. The fourth-order valence-electron chi connectivity index (χ4n) is 1.65. The number of anilines is 1. The number of carbonyl (C=O) groups excluding carboxylic acids is 1. The Kier molecular flexibility index (Phi) is 3.28. The number of carbonyl (C=O) groups is 2. The predicted molar refractivity (Wildman–Crippen MR) is 64.6 cm³/mol. The van der Waals surface area contributed by atoms with Crippen molar-refractivity contribution in [3.8, 4) is 0 Å². The van der Waals surface area contributed by atoms with E-state index in [1.54, 1.807) is 6.92 Å². The number of H-pyrrole nitrogens is 1. The van der Waals surface area contributed by atoms with E-state index in [9.17, 15) is 14.0 Å². The third-order valence-electron chi connectivity index (χ3n) is 2.56. The Labute approximate surface area is 107 Å². The number of nitrogens with zero attached hydrogens (tertiary/aromatic N) is 1. The summed E-state index contributed by atoms with van der Waals surface area (Å²) in [6.07, 6.45) is 3.53. The monoisotopic (exact) mass is 263 g/mol. The van der Waals surface area contributed by atoms with E-state index in [0.29, 0.717) is 5.69 Å². The van der Waals surface area contributed by atoms with E-state index in [0.717, 1.165) is 6.20 Å². The van der Waals surface area contributed by atoms with Crippen LogP contribution in [0.5, 0.6) is 0 Å². The highest BCUT2D eigenvalue weighted by Crippen LogP contribution is 2.20. The van der Waals surface area contributed by atoms with E-state index in [-0.39, 0.29) is 16.8 Å². The van der Waals surface area contributed by atoms with Gasteiger partial charge in [-0.2, -0.15) is 0 Å². The van der Waals surface area contributed by atoms with Crippen LogP contribution in [0.25, 0.3) is 0 Å². The minimum atomic E-state index is -1.18. The van der Waals surface area contributed by atoms with Gasteiger partial charge in [-0.1, -0.05) is 0 Å². The minimum Gasteiger partial charge on any atom is -0.478 e. The van der Waals surface area contributed by atoms with Crippen molar-refractivity contribution in [2.24, 2.45) is 0 Å². The van der Waals surface area contributed by atoms with Gasteiger partial charge in [0.05, 0.1) is 17.4 Å². The molecule has 6 nitrogen and oxygen atoms in total. The van der Waals surface area contributed by atoms with Gasteiger partial charge in [0.15, 0.2) is 5.82 Å². The lowest BCUT2D eigenvalue weighted by Gasteiger charge is -2.05. The minimum absolute atomic E-state index is 0.0529. The number of hydrogen-bond donors (Lipinski definition) is 3. The smallest absolute Gasteiger partial charge is 0.339 e. The number of carboxylic acids is 1. The molecule has 7 heteroatoms. The van der Waals surface area contributed by atoms with Gasteiger partial charge in [-0.25, -0.2) is 9.18 Å². The second-order valence-corrected chi connectivity index (χ2v) is 3.82. The summed E-state index contributed by atoms with van der Waals surface area (Å²) in [5.74, 6) is -2.69. The number of aromatic carboxylic acids is 1. The molecule has 0 unspecified atom stereocenters. The lowest BCUT2D eigenvalue weighted by atomic mass is 10.2. The van der Waals surface area contributed by atoms with Crippen molar-refractivity contribution in [2.75, 3.05) is 5.32 Å². The van der Waals surface area contributed by atoms with E-state index in [1.807, 2.05) is 0 Å². The number of pyridine rings is 1. The van der Waals surface area contributed by atoms with Crippen LogP contribution in [0.3, 0.4) is 0 Å². The first kappa shape index (κ1) is 12.7. The lowest BCUT2D eigenvalue weighted by Crippen LogP contribution is -2.15. The first-order valence-electron chi connectivity index (χ1n) is 5.33. The molecule has 19 heavy (non-hydrogen) atoms. The molecule has 0 spiro atoms. The average molecular weight is 263 g/mol. The number of halogens is 1. The number of carboxylic acid groups (broad SMARTS) is 1. The van der Waals surface area contributed by atoms with Crippen molar-refractivity contribution in [2.45, 2.75) is 6.92 Å². The number of rotatable bonds is 3. The fourth-order valence-corrected chi connectivity index (χ4v) is 1.65. The summed E-state index contributed by atoms with van der Waals surface area (Å²) in [7, 11) is 0. The summed E-state index contributed by atoms with van der Waals surface area (Å²) < 4.78 is 13.4. The van der Waals surface area contributed by atoms with Crippen molar-refractivity contribution in [1.82, 2.24) is 9.97 Å². The van der Waals surface area contributed by atoms with Crippen LogP contribution in [0, 0.1) is 12.7 Å². The molecule has 0 saturated carbocycles. The number of aryl methyl sites for hydroxylation is 1. The highest BCUT2D eigenvalue weighted by Gasteiger charge is 2.19. The van der Waals surface area contributed by atoms with E-state index in [2.05, 4.69) is 15.3 Å². The molecule has 0 radical (unpaired) electrons. The van der Waals surface area contributed by atoms with Gasteiger partial charge in [0, 0.05) is 18.1 Å². The van der Waals surface area contributed by atoms with Crippen molar-refractivity contribution >= 4 is 17.6 Å². The molecule has 0 aliphatic heterocycles. The van der Waals surface area contributed by atoms with Crippen LogP contribution < -0.4 is 5.32 Å². The lowest BCUT2D eigenvalue weighted by molar-refractivity contribution is 0.0697. The topological polar surface area (TPSA) is 95.1 Å². The molecular formula is C12H10FN3O3. The van der Waals surface area contributed by atoms with E-state index >= 15 is 0 Å². The summed E-state index contributed by atoms with van der Waals surface area (Å²) in [5, 5.41) is 11.4. The van der Waals surface area contributed by atoms with Crippen molar-refractivity contribution in [1.29, 1.82) is 0 Å². The molecule has 2 aromatic heterocycles. The fraction of sp³-hybridized carbons (Fsp3) is 0.0833. The predicted octanol–water partition coefficient (Wildman–Crippen LogP) is 1.81. The Morgan fingerprint density at radius 3 is 2.84 bits per heavy atom. The molecule has 0 saturated heterocycles. The van der Waals surface area contributed by atoms with Gasteiger partial charge >= 0.3 is 5.97 Å². The highest BCUT2D eigenvalue weighted by molar-refractivity contribution is 6.08. The molecule has 98 valence electrons. The molecule has 0 atom stereocenters. The van der Waals surface area contributed by atoms with Gasteiger partial charge in [-0.05, 0) is 13.0 Å². The zero-order valence-corrected chi connectivity index (χ0v) is 9.90. The number of hydrogen-bond acceptors (Lipinski definition) is 3. The third kappa shape index (κ3) is 2.44. The molecular weight excluding hydrogens is 253 g/mol. The zero-order valence-electron chi connectivity index (χ0n) is 9.90. The summed E-state index contributed by atoms with van der Waals surface area (Å²) in [5.41, 5.74) is 0.234. The summed E-state index contributed by atoms with van der Waals surface area (Å²) >= 11 is 0. The number of aromatic amines is 1. The maximum Gasteiger partial charge on any atom is 0.339 e. The third-order valence-corrected chi connectivity index (χ3v) is 2.56. The van der Waals surface area contributed by atoms with Gasteiger partial charge in [-0.3, -0.25) is 9.78 Å². The zero-order chi connectivity index (χ0) is 14.0. The van der Waals surface area contributed by atoms with Crippen LogP contribution in [0.4, 0.5) is 10.1 Å². The van der Waals surface area contributed by atoms with Gasteiger partial charge in [0.2, 0.25) is 0 Å². The van der Waals surface area contributed by atoms with Crippen LogP contribution in [-0.2, 0) is 0 Å². The Balaban J connectivity index is 2.30. The largest absolute Gasteiger partial charge is 0.478 e. The maximum atomic E-state index is 13.4. The Morgan fingerprint density at radius 2 is 2.21 bits per heavy atom. The van der Waals surface area contributed by atoms with Crippen LogP contribution in [0.1, 0.15) is 26.4 Å². The molecule has 1 amide bonds. The van der Waals surface area contributed by atoms with Crippen molar-refractivity contribution in [3.63, 3.8) is 0 Å². The molecule has 2 rings (SSSR count). The number of amides is 1. The van der Waals surface area contributed by atoms with Crippen LogP contribution in [-0.4, -0.2) is 27.0 Å². The Hall–Kier alpha value is -2.70. The number of aromatic nitrogens is 2. The van der Waals surface area contributed by atoms with Crippen LogP contribution >= 0.6 is 0 Å². The molecule has 2 heterocycles. The molecule has 3 N–H and O–H groups in total. The Morgan fingerprint density at radius 1 is 1.47 bits per heavy atom. The molecule has 0 bridgehead atoms. The van der Waals surface area contributed by atoms with E-state index in [1.165, 1.54) is 18.5 Å². The van der Waals surface area contributed by atoms with Crippen molar-refractivity contribution < 1.29 is 19.1 Å². The molecule has 2 aromatic rings. The Bertz CT molecular complexity index is 651. The first-order chi connectivity index (χ1) is 9.00. The summed E-state index contributed by atoms with van der Waals surface area (Å²) in [6, 6.07) is 1.21. The summed E-state index contributed by atoms with van der Waals surface area (Å²) in [6.45, 7) is 1.56. The van der Waals surface area contributed by atoms with Gasteiger partial charge in [0.25, 0.3) is 5.91 Å². The maximum absolute atomic E-state index is 13.4. The molecule has 0 fully saturated rings. The van der Waals surface area contributed by atoms with Crippen LogP contribution in [0.2, 0.25) is 0 Å². The second-order valence-electron chi connectivity index (χ2n) is 3.82. The quantitative estimate of drug-likeness (QED) is 0.787. The van der Waals surface area contributed by atoms with Gasteiger partial charge in [0.1, 0.15) is 5.56 Å². The molecule has 0 aliphatic carbocycles. The first-order valence-corrected chi connectivity index (χ1v) is 5.33. The average Bonchev–Trinajstić information content (AvgIpc) is 2.70. The highest BCUT2D eigenvalue weighted by atomic mass is 19.1. The standard InChI is InChI=1S/C12H10FN3O3/c1-6-10(12(18)19)9(5-15-6)16-11(17)7-2-3-14-4-8(7)13/h2-5,15H,1H3,(H,16,17)(H,18,19). The molecule has 0 aromatic carbocycles. The van der Waals surface area contributed by atoms with Crippen LogP contribution in [0.15, 0.2) is 24.7 Å². The normalized spacial score (nSPS) is 10.2. The molecule has 0 aliphatic rings.